The van der Waals surface area contributed by atoms with Gasteiger partial charge in [-0.15, -0.1) is 0 Å². The van der Waals surface area contributed by atoms with E-state index in [4.69, 9.17) is 10.6 Å². The van der Waals surface area contributed by atoms with Gasteiger partial charge in [0.25, 0.3) is 0 Å². The molecule has 0 unspecified atom stereocenters. The molecule has 0 saturated heterocycles. The second-order valence-corrected chi connectivity index (χ2v) is 5.86. The van der Waals surface area contributed by atoms with Gasteiger partial charge in [-0.2, -0.15) is 0 Å². The molecule has 0 radical (unpaired) electrons. The second kappa shape index (κ2) is 8.11. The van der Waals surface area contributed by atoms with Crippen molar-refractivity contribution in [3.8, 4) is 0 Å². The highest BCUT2D eigenvalue weighted by Gasteiger charge is 2.08. The molecule has 0 heterocycles. The summed E-state index contributed by atoms with van der Waals surface area (Å²) in [5.74, 6) is 5.88. The van der Waals surface area contributed by atoms with Crippen LogP contribution in [-0.4, -0.2) is 26.2 Å². The topological polar surface area (TPSA) is 71.7 Å². The summed E-state index contributed by atoms with van der Waals surface area (Å²) in [7, 11) is 1.63. The molecule has 5 nitrogen and oxygen atoms in total. The molecule has 0 amide bonds. The Hall–Kier alpha value is -0.150. The number of guanidine groups is 1. The maximum absolute atomic E-state index is 5.41. The number of halogens is 3. The van der Waals surface area contributed by atoms with Crippen LogP contribution in [0.5, 0.6) is 0 Å². The van der Waals surface area contributed by atoms with Crippen molar-refractivity contribution in [3.05, 3.63) is 25.6 Å². The van der Waals surface area contributed by atoms with Crippen LogP contribution in [0.15, 0.2) is 30.5 Å². The molecule has 0 aliphatic rings. The van der Waals surface area contributed by atoms with Crippen molar-refractivity contribution in [2.24, 2.45) is 10.8 Å². The van der Waals surface area contributed by atoms with Crippen molar-refractivity contribution in [3.63, 3.8) is 0 Å². The molecular formula is C10H13Br3N4O. The van der Waals surface area contributed by atoms with Gasteiger partial charge >= 0.3 is 0 Å². The number of hydrazine groups is 1. The van der Waals surface area contributed by atoms with Crippen LogP contribution < -0.4 is 16.6 Å². The Labute approximate surface area is 131 Å². The second-order valence-electron chi connectivity index (χ2n) is 3.24. The van der Waals surface area contributed by atoms with E-state index in [-0.39, 0.29) is 0 Å². The number of nitrogens with zero attached hydrogens (tertiary/aromatic N) is 1. The van der Waals surface area contributed by atoms with E-state index in [1.165, 1.54) is 0 Å². The number of methoxy groups -OCH3 is 1. The number of rotatable bonds is 4. The van der Waals surface area contributed by atoms with E-state index in [0.717, 1.165) is 19.1 Å². The predicted molar refractivity (Wildman–Crippen MR) is 84.7 cm³/mol. The maximum atomic E-state index is 5.41. The molecule has 8 heteroatoms. The zero-order chi connectivity index (χ0) is 13.5. The highest BCUT2D eigenvalue weighted by Crippen LogP contribution is 2.34. The van der Waals surface area contributed by atoms with Crippen LogP contribution in [0.3, 0.4) is 0 Å². The van der Waals surface area contributed by atoms with E-state index in [1.807, 2.05) is 12.1 Å². The van der Waals surface area contributed by atoms with Crippen molar-refractivity contribution >= 4 is 59.4 Å². The minimum Gasteiger partial charge on any atom is -0.383 e. The largest absolute Gasteiger partial charge is 0.383 e. The highest BCUT2D eigenvalue weighted by atomic mass is 79.9. The van der Waals surface area contributed by atoms with Crippen molar-refractivity contribution < 1.29 is 4.74 Å². The number of benzene rings is 1. The Morgan fingerprint density at radius 3 is 2.44 bits per heavy atom. The lowest BCUT2D eigenvalue weighted by atomic mass is 10.3. The van der Waals surface area contributed by atoms with Gasteiger partial charge in [-0.25, -0.2) is 10.8 Å². The SMILES string of the molecule is COCCN=C(NN)Nc1c(Br)cc(Br)cc1Br. The molecule has 100 valence electrons. The van der Waals surface area contributed by atoms with Gasteiger partial charge < -0.3 is 10.1 Å². The molecule has 4 N–H and O–H groups in total. The monoisotopic (exact) mass is 442 g/mol. The number of hydrogen-bond acceptors (Lipinski definition) is 3. The molecule has 1 aromatic rings. The summed E-state index contributed by atoms with van der Waals surface area (Å²) >= 11 is 10.3. The summed E-state index contributed by atoms with van der Waals surface area (Å²) in [6.45, 7) is 1.06. The van der Waals surface area contributed by atoms with E-state index >= 15 is 0 Å². The first-order chi connectivity index (χ1) is 8.58. The van der Waals surface area contributed by atoms with Crippen LogP contribution in [0.25, 0.3) is 0 Å². The quantitative estimate of drug-likeness (QED) is 0.219. The van der Waals surface area contributed by atoms with Crippen LogP contribution in [0, 0.1) is 0 Å². The predicted octanol–water partition coefficient (Wildman–Crippen LogP) is 2.85. The Balaban J connectivity index is 2.85. The van der Waals surface area contributed by atoms with Gasteiger partial charge in [0.05, 0.1) is 18.8 Å². The van der Waals surface area contributed by atoms with E-state index in [1.54, 1.807) is 7.11 Å². The van der Waals surface area contributed by atoms with Crippen LogP contribution in [0.4, 0.5) is 5.69 Å². The molecule has 0 atom stereocenters. The third-order valence-electron chi connectivity index (χ3n) is 1.95. The number of ether oxygens (including phenoxy) is 1. The van der Waals surface area contributed by atoms with Crippen molar-refractivity contribution in [1.29, 1.82) is 0 Å². The number of nitrogens with two attached hydrogens (primary N) is 1. The molecule has 0 aromatic heterocycles. The number of anilines is 1. The lowest BCUT2D eigenvalue weighted by Crippen LogP contribution is -2.36. The van der Waals surface area contributed by atoms with Crippen molar-refractivity contribution in [1.82, 2.24) is 5.43 Å². The summed E-state index contributed by atoms with van der Waals surface area (Å²) in [5, 5.41) is 3.10. The first-order valence-electron chi connectivity index (χ1n) is 5.00. The van der Waals surface area contributed by atoms with E-state index in [9.17, 15) is 0 Å². The number of aliphatic imine (C=N–C) groups is 1. The lowest BCUT2D eigenvalue weighted by molar-refractivity contribution is 0.208. The number of nitrogens with one attached hydrogen (secondary N) is 2. The van der Waals surface area contributed by atoms with E-state index < -0.39 is 0 Å². The normalized spacial score (nSPS) is 11.5. The zero-order valence-electron chi connectivity index (χ0n) is 9.64. The number of hydrogen-bond donors (Lipinski definition) is 3. The summed E-state index contributed by atoms with van der Waals surface area (Å²) < 4.78 is 7.66. The summed E-state index contributed by atoms with van der Waals surface area (Å²) in [5.41, 5.74) is 3.35. The zero-order valence-corrected chi connectivity index (χ0v) is 14.4. The van der Waals surface area contributed by atoms with Gasteiger partial charge in [0.2, 0.25) is 5.96 Å². The molecular weight excluding hydrogens is 432 g/mol. The van der Waals surface area contributed by atoms with Crippen molar-refractivity contribution in [2.45, 2.75) is 0 Å². The lowest BCUT2D eigenvalue weighted by Gasteiger charge is -2.13. The van der Waals surface area contributed by atoms with Gasteiger partial charge in [-0.1, -0.05) is 15.9 Å². The van der Waals surface area contributed by atoms with Crippen LogP contribution in [0.1, 0.15) is 0 Å². The first-order valence-corrected chi connectivity index (χ1v) is 7.38. The average molecular weight is 445 g/mol. The van der Waals surface area contributed by atoms with Gasteiger partial charge in [0, 0.05) is 20.5 Å². The summed E-state index contributed by atoms with van der Waals surface area (Å²) in [4.78, 5) is 4.22. The molecule has 0 aliphatic heterocycles. The Morgan fingerprint density at radius 1 is 1.33 bits per heavy atom. The van der Waals surface area contributed by atoms with Gasteiger partial charge in [-0.3, -0.25) is 5.43 Å². The van der Waals surface area contributed by atoms with Crippen LogP contribution in [-0.2, 0) is 4.74 Å². The Kier molecular flexibility index (Phi) is 7.16. The third kappa shape index (κ3) is 4.85. The third-order valence-corrected chi connectivity index (χ3v) is 3.66. The van der Waals surface area contributed by atoms with E-state index in [2.05, 4.69) is 63.5 Å². The first kappa shape index (κ1) is 15.9. The van der Waals surface area contributed by atoms with Crippen LogP contribution >= 0.6 is 47.8 Å². The summed E-state index contributed by atoms with van der Waals surface area (Å²) in [6, 6.07) is 3.85. The molecule has 0 fully saturated rings. The average Bonchev–Trinajstić information content (AvgIpc) is 2.31. The minimum atomic E-state index is 0.468. The molecule has 18 heavy (non-hydrogen) atoms. The fourth-order valence-corrected chi connectivity index (χ4v) is 3.61. The maximum Gasteiger partial charge on any atom is 0.210 e. The Bertz CT molecular complexity index is 416. The smallest absolute Gasteiger partial charge is 0.210 e. The summed E-state index contributed by atoms with van der Waals surface area (Å²) in [6.07, 6.45) is 0. The molecule has 0 bridgehead atoms. The standard InChI is InChI=1S/C10H13Br3N4O/c1-18-3-2-15-10(17-14)16-9-7(12)4-6(11)5-8(9)13/h4-5H,2-3,14H2,1H3,(H2,15,16,17). The fraction of sp³-hybridized carbons (Fsp3) is 0.300. The highest BCUT2D eigenvalue weighted by molar-refractivity contribution is 9.11. The Morgan fingerprint density at radius 2 is 1.94 bits per heavy atom. The molecule has 0 spiro atoms. The van der Waals surface area contributed by atoms with Gasteiger partial charge in [0.15, 0.2) is 0 Å². The van der Waals surface area contributed by atoms with Gasteiger partial charge in [0.1, 0.15) is 0 Å². The van der Waals surface area contributed by atoms with Gasteiger partial charge in [-0.05, 0) is 44.0 Å². The minimum absolute atomic E-state index is 0.468. The van der Waals surface area contributed by atoms with Crippen molar-refractivity contribution in [2.75, 3.05) is 25.6 Å². The molecule has 0 aliphatic carbocycles. The van der Waals surface area contributed by atoms with E-state index in [0.29, 0.717) is 19.1 Å². The fourth-order valence-electron chi connectivity index (χ4n) is 1.15. The molecule has 0 saturated carbocycles. The molecule has 1 rings (SSSR count). The molecule has 1 aromatic carbocycles. The van der Waals surface area contributed by atoms with Crippen LogP contribution in [0.2, 0.25) is 0 Å².